The third-order valence-electron chi connectivity index (χ3n) is 4.39. The molecule has 0 atom stereocenters. The van der Waals surface area contributed by atoms with E-state index in [-0.39, 0.29) is 0 Å². The number of piperazine rings is 1. The highest BCUT2D eigenvalue weighted by Crippen LogP contribution is 2.19. The lowest BCUT2D eigenvalue weighted by Gasteiger charge is -2.35. The highest BCUT2D eigenvalue weighted by molar-refractivity contribution is 5.44. The van der Waals surface area contributed by atoms with E-state index in [2.05, 4.69) is 38.8 Å². The first-order chi connectivity index (χ1) is 12.2. The molecule has 2 aromatic heterocycles. The third-order valence-corrected chi connectivity index (χ3v) is 4.39. The van der Waals surface area contributed by atoms with E-state index in [0.29, 0.717) is 12.5 Å². The predicted octanol–water partition coefficient (Wildman–Crippen LogP) is 2.12. The fourth-order valence-corrected chi connectivity index (χ4v) is 3.01. The van der Waals surface area contributed by atoms with Crippen LogP contribution in [0, 0.1) is 0 Å². The molecule has 0 bridgehead atoms. The molecule has 134 valence electrons. The van der Waals surface area contributed by atoms with E-state index in [1.54, 1.807) is 0 Å². The average Bonchev–Trinajstić information content (AvgIpc) is 2.68. The van der Waals surface area contributed by atoms with Gasteiger partial charge in [-0.05, 0) is 25.8 Å². The first-order valence-electron chi connectivity index (χ1n) is 9.07. The molecule has 7 nitrogen and oxygen atoms in total. The highest BCUT2D eigenvalue weighted by Gasteiger charge is 2.21. The normalized spacial score (nSPS) is 14.7. The molecular formula is C18H26N6O. The highest BCUT2D eigenvalue weighted by atomic mass is 16.5. The molecule has 25 heavy (non-hydrogen) atoms. The van der Waals surface area contributed by atoms with E-state index in [1.165, 1.54) is 0 Å². The van der Waals surface area contributed by atoms with Crippen molar-refractivity contribution in [3.63, 3.8) is 0 Å². The lowest BCUT2D eigenvalue weighted by Crippen LogP contribution is -2.47. The fraction of sp³-hybridized carbons (Fsp3) is 0.556. The van der Waals surface area contributed by atoms with E-state index in [1.807, 2.05) is 25.1 Å². The van der Waals surface area contributed by atoms with E-state index in [9.17, 15) is 0 Å². The summed E-state index contributed by atoms with van der Waals surface area (Å²) in [5.74, 6) is 2.38. The van der Waals surface area contributed by atoms with Gasteiger partial charge in [-0.15, -0.1) is 5.10 Å². The number of rotatable bonds is 6. The Labute approximate surface area is 149 Å². The molecule has 1 saturated heterocycles. The zero-order valence-electron chi connectivity index (χ0n) is 15.3. The van der Waals surface area contributed by atoms with Gasteiger partial charge in [0.1, 0.15) is 5.82 Å². The smallest absolute Gasteiger partial charge is 0.245 e. The van der Waals surface area contributed by atoms with Gasteiger partial charge in [0.15, 0.2) is 0 Å². The summed E-state index contributed by atoms with van der Waals surface area (Å²) in [6, 6.07) is 5.91. The Balaban J connectivity index is 1.66. The lowest BCUT2D eigenvalue weighted by molar-refractivity contribution is 0.327. The number of aryl methyl sites for hydroxylation is 2. The van der Waals surface area contributed by atoms with Gasteiger partial charge in [-0.1, -0.05) is 19.9 Å². The summed E-state index contributed by atoms with van der Waals surface area (Å²) in [5.41, 5.74) is 2.06. The Morgan fingerprint density at radius 3 is 2.28 bits per heavy atom. The molecule has 0 radical (unpaired) electrons. The summed E-state index contributed by atoms with van der Waals surface area (Å²) in [7, 11) is 0. The summed E-state index contributed by atoms with van der Waals surface area (Å²) >= 11 is 0. The summed E-state index contributed by atoms with van der Waals surface area (Å²) in [6.45, 7) is 10.3. The maximum absolute atomic E-state index is 5.50. The van der Waals surface area contributed by atoms with Crippen LogP contribution in [0.25, 0.3) is 0 Å². The molecule has 7 heteroatoms. The number of aromatic nitrogens is 4. The Kier molecular flexibility index (Phi) is 5.63. The second-order valence-electron chi connectivity index (χ2n) is 5.95. The van der Waals surface area contributed by atoms with E-state index >= 15 is 0 Å². The Hall–Kier alpha value is -2.44. The lowest BCUT2D eigenvalue weighted by atomic mass is 10.2. The SMILES string of the molecule is CCOc1cccc(N2CCN(c3nnc(CC)c(CC)n3)CC2)n1. The zero-order chi connectivity index (χ0) is 17.6. The Morgan fingerprint density at radius 2 is 1.60 bits per heavy atom. The van der Waals surface area contributed by atoms with Crippen LogP contribution in [-0.2, 0) is 12.8 Å². The molecule has 0 N–H and O–H groups in total. The summed E-state index contributed by atoms with van der Waals surface area (Å²) in [4.78, 5) is 13.8. The van der Waals surface area contributed by atoms with Gasteiger partial charge in [-0.2, -0.15) is 10.1 Å². The Bertz CT molecular complexity index is 700. The second-order valence-corrected chi connectivity index (χ2v) is 5.95. The number of hydrogen-bond acceptors (Lipinski definition) is 7. The van der Waals surface area contributed by atoms with Gasteiger partial charge in [0.05, 0.1) is 18.0 Å². The van der Waals surface area contributed by atoms with Crippen molar-refractivity contribution < 1.29 is 4.74 Å². The monoisotopic (exact) mass is 342 g/mol. The van der Waals surface area contributed by atoms with Crippen molar-refractivity contribution in [3.05, 3.63) is 29.6 Å². The molecule has 0 aromatic carbocycles. The largest absolute Gasteiger partial charge is 0.478 e. The molecule has 3 rings (SSSR count). The number of pyridine rings is 1. The molecule has 0 saturated carbocycles. The van der Waals surface area contributed by atoms with Crippen LogP contribution in [0.15, 0.2) is 18.2 Å². The summed E-state index contributed by atoms with van der Waals surface area (Å²) in [6.07, 6.45) is 1.76. The maximum Gasteiger partial charge on any atom is 0.245 e. The predicted molar refractivity (Wildman–Crippen MR) is 98.4 cm³/mol. The van der Waals surface area contributed by atoms with Crippen LogP contribution >= 0.6 is 0 Å². The molecule has 1 fully saturated rings. The number of anilines is 2. The van der Waals surface area contributed by atoms with Crippen molar-refractivity contribution in [3.8, 4) is 5.88 Å². The van der Waals surface area contributed by atoms with E-state index in [0.717, 1.165) is 62.2 Å². The minimum absolute atomic E-state index is 0.627. The quantitative estimate of drug-likeness (QED) is 0.796. The molecule has 1 aliphatic rings. The van der Waals surface area contributed by atoms with Crippen LogP contribution < -0.4 is 14.5 Å². The molecule has 0 spiro atoms. The number of hydrogen-bond donors (Lipinski definition) is 0. The molecule has 1 aliphatic heterocycles. The maximum atomic E-state index is 5.50. The van der Waals surface area contributed by atoms with Crippen LogP contribution in [0.5, 0.6) is 5.88 Å². The minimum atomic E-state index is 0.627. The van der Waals surface area contributed by atoms with Gasteiger partial charge in [-0.25, -0.2) is 4.98 Å². The molecule has 0 aliphatic carbocycles. The second kappa shape index (κ2) is 8.09. The van der Waals surface area contributed by atoms with Crippen LogP contribution in [0.2, 0.25) is 0 Å². The van der Waals surface area contributed by atoms with Gasteiger partial charge in [0.25, 0.3) is 0 Å². The van der Waals surface area contributed by atoms with Crippen molar-refractivity contribution in [1.82, 2.24) is 20.2 Å². The third kappa shape index (κ3) is 3.97. The van der Waals surface area contributed by atoms with Crippen molar-refractivity contribution in [2.45, 2.75) is 33.6 Å². The van der Waals surface area contributed by atoms with Crippen molar-refractivity contribution in [2.24, 2.45) is 0 Å². The fourth-order valence-electron chi connectivity index (χ4n) is 3.01. The van der Waals surface area contributed by atoms with Gasteiger partial charge >= 0.3 is 0 Å². The molecule has 3 heterocycles. The minimum Gasteiger partial charge on any atom is -0.478 e. The van der Waals surface area contributed by atoms with Gasteiger partial charge in [0.2, 0.25) is 11.8 Å². The Morgan fingerprint density at radius 1 is 0.880 bits per heavy atom. The van der Waals surface area contributed by atoms with Crippen molar-refractivity contribution in [1.29, 1.82) is 0 Å². The van der Waals surface area contributed by atoms with Gasteiger partial charge in [-0.3, -0.25) is 0 Å². The van der Waals surface area contributed by atoms with Gasteiger partial charge in [0, 0.05) is 32.2 Å². The molecule has 0 amide bonds. The summed E-state index contributed by atoms with van der Waals surface area (Å²) in [5, 5.41) is 8.68. The van der Waals surface area contributed by atoms with Crippen molar-refractivity contribution >= 4 is 11.8 Å². The molecule has 2 aromatic rings. The topological polar surface area (TPSA) is 67.3 Å². The summed E-state index contributed by atoms with van der Waals surface area (Å²) < 4.78 is 5.50. The van der Waals surface area contributed by atoms with Crippen LogP contribution in [0.4, 0.5) is 11.8 Å². The standard InChI is InChI=1S/C18H26N6O/c1-4-14-15(5-2)21-22-18(19-14)24-12-10-23(11-13-24)16-8-7-9-17(20-16)25-6-3/h7-9H,4-6,10-13H2,1-3H3. The van der Waals surface area contributed by atoms with Crippen LogP contribution in [0.1, 0.15) is 32.2 Å². The first-order valence-corrected chi connectivity index (χ1v) is 9.07. The van der Waals surface area contributed by atoms with Crippen molar-refractivity contribution in [2.75, 3.05) is 42.6 Å². The average molecular weight is 342 g/mol. The molecule has 0 unspecified atom stereocenters. The molecular weight excluding hydrogens is 316 g/mol. The number of nitrogens with zero attached hydrogens (tertiary/aromatic N) is 6. The zero-order valence-corrected chi connectivity index (χ0v) is 15.3. The number of ether oxygens (including phenoxy) is 1. The van der Waals surface area contributed by atoms with Crippen LogP contribution in [-0.4, -0.2) is 53.0 Å². The van der Waals surface area contributed by atoms with Crippen LogP contribution in [0.3, 0.4) is 0 Å². The van der Waals surface area contributed by atoms with E-state index in [4.69, 9.17) is 9.72 Å². The first kappa shape index (κ1) is 17.4. The van der Waals surface area contributed by atoms with E-state index < -0.39 is 0 Å². The van der Waals surface area contributed by atoms with Gasteiger partial charge < -0.3 is 14.5 Å².